The fraction of sp³-hybridized carbons (Fsp3) is 0.348. The van der Waals surface area contributed by atoms with Crippen molar-refractivity contribution >= 4 is 60.7 Å². The minimum absolute atomic E-state index is 0.230. The van der Waals surface area contributed by atoms with E-state index in [1.54, 1.807) is 14.1 Å². The van der Waals surface area contributed by atoms with Gasteiger partial charge in [-0.1, -0.05) is 12.1 Å². The third-order valence-corrected chi connectivity index (χ3v) is 7.34. The van der Waals surface area contributed by atoms with Crippen LogP contribution < -0.4 is 4.90 Å². The van der Waals surface area contributed by atoms with Gasteiger partial charge in [0.05, 0.1) is 45.6 Å². The molecule has 1 fully saturated rings. The molecule has 13 heteroatoms. The zero-order valence-corrected chi connectivity index (χ0v) is 22.9. The smallest absolute Gasteiger partial charge is 0.287 e. The molecule has 3 aromatic heterocycles. The lowest BCUT2D eigenvalue weighted by Crippen LogP contribution is -2.42. The summed E-state index contributed by atoms with van der Waals surface area (Å²) in [6.07, 6.45) is 3.05. The molecule has 0 atom stereocenters. The first-order chi connectivity index (χ1) is 17.4. The Hall–Kier alpha value is -2.87. The van der Waals surface area contributed by atoms with Crippen LogP contribution in [0.3, 0.4) is 0 Å². The van der Waals surface area contributed by atoms with Gasteiger partial charge in [0, 0.05) is 40.3 Å². The quantitative estimate of drug-likeness (QED) is 0.306. The number of imide groups is 1. The highest BCUT2D eigenvalue weighted by Gasteiger charge is 2.36. The Kier molecular flexibility index (Phi) is 7.06. The molecule has 36 heavy (non-hydrogen) atoms. The van der Waals surface area contributed by atoms with E-state index < -0.39 is 11.8 Å². The fourth-order valence-electron chi connectivity index (χ4n) is 4.31. The Morgan fingerprint density at radius 1 is 0.944 bits per heavy atom. The van der Waals surface area contributed by atoms with Gasteiger partial charge < -0.3 is 9.30 Å². The number of carbonyl (C=O) groups is 2. The summed E-state index contributed by atoms with van der Waals surface area (Å²) in [5.74, 6) is -0.869. The maximum absolute atomic E-state index is 14.0. The molecule has 0 unspecified atom stereocenters. The fourth-order valence-corrected chi connectivity index (χ4v) is 5.34. The van der Waals surface area contributed by atoms with Crippen LogP contribution in [0.2, 0.25) is 0 Å². The number of aromatic nitrogens is 6. The molecule has 0 radical (unpaired) electrons. The van der Waals surface area contributed by atoms with E-state index in [4.69, 9.17) is 9.72 Å². The van der Waals surface area contributed by atoms with Crippen molar-refractivity contribution in [3.63, 3.8) is 0 Å². The number of para-hydroxylation sites is 2. The lowest BCUT2D eigenvalue weighted by molar-refractivity contribution is 0.0365. The van der Waals surface area contributed by atoms with E-state index in [1.165, 1.54) is 21.8 Å². The van der Waals surface area contributed by atoms with Crippen LogP contribution in [0.5, 0.6) is 0 Å². The number of benzene rings is 1. The summed E-state index contributed by atoms with van der Waals surface area (Å²) in [4.78, 5) is 36.2. The average molecular weight is 620 g/mol. The lowest BCUT2D eigenvalue weighted by atomic mass is 10.3. The molecule has 0 bridgehead atoms. The second-order valence-electron chi connectivity index (χ2n) is 8.38. The molecule has 188 valence electrons. The molecule has 0 N–H and O–H groups in total. The zero-order chi connectivity index (χ0) is 25.4. The van der Waals surface area contributed by atoms with Crippen molar-refractivity contribution < 1.29 is 14.3 Å². The van der Waals surface area contributed by atoms with Crippen molar-refractivity contribution in [3.8, 4) is 0 Å². The first-order valence-corrected chi connectivity index (χ1v) is 12.9. The number of hydrogen-bond acceptors (Lipinski definition) is 7. The number of anilines is 1. The summed E-state index contributed by atoms with van der Waals surface area (Å²) in [5.41, 5.74) is 1.98. The summed E-state index contributed by atoms with van der Waals surface area (Å²) >= 11 is 6.81. The molecular formula is C23H24Br2N8O3. The highest BCUT2D eigenvalue weighted by Crippen LogP contribution is 2.29. The topological polar surface area (TPSA) is 103 Å². The van der Waals surface area contributed by atoms with Crippen LogP contribution >= 0.6 is 31.9 Å². The molecule has 1 aliphatic rings. The molecule has 0 spiro atoms. The summed E-state index contributed by atoms with van der Waals surface area (Å²) in [5, 5.41) is 8.34. The molecule has 1 aromatic carbocycles. The predicted molar refractivity (Wildman–Crippen MR) is 140 cm³/mol. The third kappa shape index (κ3) is 4.51. The van der Waals surface area contributed by atoms with E-state index in [1.807, 2.05) is 28.8 Å². The Morgan fingerprint density at radius 3 is 2.08 bits per heavy atom. The molecule has 1 saturated heterocycles. The van der Waals surface area contributed by atoms with Gasteiger partial charge in [-0.2, -0.15) is 10.2 Å². The number of imidazole rings is 1. The number of ether oxygens (including phenoxy) is 1. The van der Waals surface area contributed by atoms with Crippen molar-refractivity contribution in [3.05, 3.63) is 57.0 Å². The Labute approximate surface area is 223 Å². The standard InChI is InChI=1S/C23H24Br2N8O3/c1-29-19(15(24)13-26-29)21(34)33(22(35)20-16(25)14-27-30(20)2)23-28-17-5-3-4-6-18(17)32(23)8-7-31-9-11-36-12-10-31/h3-6,13-14H,7-12H2,1-2H3. The minimum Gasteiger partial charge on any atom is -0.379 e. The van der Waals surface area contributed by atoms with Crippen LogP contribution in [-0.4, -0.2) is 78.7 Å². The molecular weight excluding hydrogens is 596 g/mol. The van der Waals surface area contributed by atoms with Crippen LogP contribution in [0.1, 0.15) is 21.0 Å². The molecule has 2 amide bonds. The van der Waals surface area contributed by atoms with Crippen LogP contribution in [-0.2, 0) is 25.4 Å². The van der Waals surface area contributed by atoms with E-state index in [9.17, 15) is 9.59 Å². The summed E-state index contributed by atoms with van der Waals surface area (Å²) in [6, 6.07) is 7.62. The first-order valence-electron chi connectivity index (χ1n) is 11.4. The number of morpholine rings is 1. The Morgan fingerprint density at radius 2 is 1.53 bits per heavy atom. The van der Waals surface area contributed by atoms with Gasteiger partial charge in [-0.15, -0.1) is 0 Å². The van der Waals surface area contributed by atoms with Crippen LogP contribution in [0.4, 0.5) is 5.95 Å². The normalized spacial score (nSPS) is 14.4. The molecule has 4 aromatic rings. The number of hydrogen-bond donors (Lipinski definition) is 0. The van der Waals surface area contributed by atoms with Gasteiger partial charge in [0.25, 0.3) is 11.8 Å². The Bertz CT molecular complexity index is 1340. The van der Waals surface area contributed by atoms with E-state index in [2.05, 4.69) is 47.0 Å². The highest BCUT2D eigenvalue weighted by molar-refractivity contribution is 9.10. The van der Waals surface area contributed by atoms with Crippen LogP contribution in [0.25, 0.3) is 11.0 Å². The molecule has 0 aliphatic carbocycles. The number of halogens is 2. The van der Waals surface area contributed by atoms with Crippen LogP contribution in [0.15, 0.2) is 45.6 Å². The second-order valence-corrected chi connectivity index (χ2v) is 10.1. The number of amides is 2. The van der Waals surface area contributed by atoms with E-state index >= 15 is 0 Å². The van der Waals surface area contributed by atoms with Crippen molar-refractivity contribution in [2.75, 3.05) is 37.7 Å². The number of carbonyl (C=O) groups excluding carboxylic acids is 2. The molecule has 11 nitrogen and oxygen atoms in total. The average Bonchev–Trinajstić information content (AvgIpc) is 3.52. The van der Waals surface area contributed by atoms with Gasteiger partial charge in [0.15, 0.2) is 0 Å². The number of nitrogens with zero attached hydrogens (tertiary/aromatic N) is 8. The van der Waals surface area contributed by atoms with Gasteiger partial charge in [-0.3, -0.25) is 23.9 Å². The first kappa shape index (κ1) is 24.8. The largest absolute Gasteiger partial charge is 0.379 e. The van der Waals surface area contributed by atoms with E-state index in [-0.39, 0.29) is 17.3 Å². The monoisotopic (exact) mass is 618 g/mol. The maximum Gasteiger partial charge on any atom is 0.287 e. The molecule has 0 saturated carbocycles. The van der Waals surface area contributed by atoms with Gasteiger partial charge in [-0.25, -0.2) is 9.88 Å². The van der Waals surface area contributed by atoms with Crippen molar-refractivity contribution in [2.24, 2.45) is 14.1 Å². The summed E-state index contributed by atoms with van der Waals surface area (Å²) in [6.45, 7) is 4.28. The van der Waals surface area contributed by atoms with E-state index in [0.29, 0.717) is 34.2 Å². The van der Waals surface area contributed by atoms with Crippen LogP contribution in [0, 0.1) is 0 Å². The predicted octanol–water partition coefficient (Wildman–Crippen LogP) is 2.85. The SMILES string of the molecule is Cn1ncc(Br)c1C(=O)N(C(=O)c1c(Br)cnn1C)c1nc2ccccc2n1CCN1CCOCC1. The third-order valence-electron chi connectivity index (χ3n) is 6.18. The molecule has 5 rings (SSSR count). The minimum atomic E-state index is -0.553. The number of rotatable bonds is 6. The van der Waals surface area contributed by atoms with E-state index in [0.717, 1.165) is 30.1 Å². The number of aryl methyl sites for hydroxylation is 2. The van der Waals surface area contributed by atoms with Gasteiger partial charge in [-0.05, 0) is 44.0 Å². The molecule has 1 aliphatic heterocycles. The van der Waals surface area contributed by atoms with Gasteiger partial charge in [0.1, 0.15) is 11.4 Å². The second kappa shape index (κ2) is 10.2. The van der Waals surface area contributed by atoms with Gasteiger partial charge >= 0.3 is 0 Å². The maximum atomic E-state index is 14.0. The molecule has 4 heterocycles. The summed E-state index contributed by atoms with van der Waals surface area (Å²) in [7, 11) is 3.31. The zero-order valence-electron chi connectivity index (χ0n) is 19.8. The number of fused-ring (bicyclic) bond motifs is 1. The van der Waals surface area contributed by atoms with Crippen molar-refractivity contribution in [2.45, 2.75) is 6.54 Å². The lowest BCUT2D eigenvalue weighted by Gasteiger charge is -2.27. The summed E-state index contributed by atoms with van der Waals surface area (Å²) < 4.78 is 11.2. The van der Waals surface area contributed by atoms with Crippen molar-refractivity contribution in [1.82, 2.24) is 34.0 Å². The Balaban J connectivity index is 1.65. The highest BCUT2D eigenvalue weighted by atomic mass is 79.9. The van der Waals surface area contributed by atoms with Gasteiger partial charge in [0.2, 0.25) is 5.95 Å². The van der Waals surface area contributed by atoms with Crippen molar-refractivity contribution in [1.29, 1.82) is 0 Å².